The van der Waals surface area contributed by atoms with Crippen LogP contribution in [0, 0.1) is 12.8 Å². The molecule has 21 heavy (non-hydrogen) atoms. The van der Waals surface area contributed by atoms with E-state index in [9.17, 15) is 9.59 Å². The predicted octanol–water partition coefficient (Wildman–Crippen LogP) is 3.09. The number of hydrogen-bond acceptors (Lipinski definition) is 3. The Morgan fingerprint density at radius 1 is 1.24 bits per heavy atom. The van der Waals surface area contributed by atoms with E-state index in [1.165, 1.54) is 5.56 Å². The number of rotatable bonds is 8. The maximum Gasteiger partial charge on any atom is 0.326 e. The second-order valence-electron chi connectivity index (χ2n) is 5.50. The molecule has 4 nitrogen and oxygen atoms in total. The van der Waals surface area contributed by atoms with Gasteiger partial charge in [0, 0.05) is 17.1 Å². The Bertz CT molecular complexity index is 471. The maximum absolute atomic E-state index is 11.8. The van der Waals surface area contributed by atoms with Gasteiger partial charge in [0.15, 0.2) is 0 Å². The van der Waals surface area contributed by atoms with Crippen molar-refractivity contribution < 1.29 is 14.7 Å². The molecule has 0 heterocycles. The van der Waals surface area contributed by atoms with Gasteiger partial charge in [0.2, 0.25) is 5.91 Å². The van der Waals surface area contributed by atoms with Crippen molar-refractivity contribution in [3.8, 4) is 0 Å². The standard InChI is InChI=1S/C16H23NO3S/c1-11(2)10-14(16(19)20)17-15(18)8-9-21-13-6-4-12(3)5-7-13/h4-7,11,14H,8-10H2,1-3H3,(H,17,18)(H,19,20)/t14-/m1/s1. The molecule has 2 N–H and O–H groups in total. The first-order valence-electron chi connectivity index (χ1n) is 7.10. The number of hydrogen-bond donors (Lipinski definition) is 2. The van der Waals surface area contributed by atoms with Gasteiger partial charge in [-0.15, -0.1) is 11.8 Å². The van der Waals surface area contributed by atoms with Gasteiger partial charge in [0.05, 0.1) is 0 Å². The fourth-order valence-electron chi connectivity index (χ4n) is 1.86. The smallest absolute Gasteiger partial charge is 0.326 e. The zero-order valence-electron chi connectivity index (χ0n) is 12.8. The number of carbonyl (C=O) groups is 2. The lowest BCUT2D eigenvalue weighted by molar-refractivity contribution is -0.142. The summed E-state index contributed by atoms with van der Waals surface area (Å²) in [6, 6.07) is 7.33. The number of carboxylic acid groups (broad SMARTS) is 1. The highest BCUT2D eigenvalue weighted by Gasteiger charge is 2.20. The first-order chi connectivity index (χ1) is 9.88. The monoisotopic (exact) mass is 309 g/mol. The topological polar surface area (TPSA) is 66.4 Å². The van der Waals surface area contributed by atoms with Gasteiger partial charge in [-0.25, -0.2) is 4.79 Å². The van der Waals surface area contributed by atoms with E-state index < -0.39 is 12.0 Å². The number of amides is 1. The highest BCUT2D eigenvalue weighted by Crippen LogP contribution is 2.19. The molecule has 116 valence electrons. The molecule has 0 aromatic heterocycles. The minimum Gasteiger partial charge on any atom is -0.480 e. The van der Waals surface area contributed by atoms with Gasteiger partial charge in [0.25, 0.3) is 0 Å². The van der Waals surface area contributed by atoms with Crippen LogP contribution in [0.15, 0.2) is 29.2 Å². The Morgan fingerprint density at radius 2 is 1.86 bits per heavy atom. The first-order valence-corrected chi connectivity index (χ1v) is 8.08. The van der Waals surface area contributed by atoms with Crippen LogP contribution < -0.4 is 5.32 Å². The fourth-order valence-corrected chi connectivity index (χ4v) is 2.71. The van der Waals surface area contributed by atoms with Gasteiger partial charge in [0.1, 0.15) is 6.04 Å². The van der Waals surface area contributed by atoms with E-state index in [4.69, 9.17) is 5.11 Å². The van der Waals surface area contributed by atoms with Crippen LogP contribution in [0.5, 0.6) is 0 Å². The molecule has 0 bridgehead atoms. The summed E-state index contributed by atoms with van der Waals surface area (Å²) in [6.45, 7) is 5.91. The number of thioether (sulfide) groups is 1. The largest absolute Gasteiger partial charge is 0.480 e. The highest BCUT2D eigenvalue weighted by atomic mass is 32.2. The number of aryl methyl sites for hydroxylation is 1. The third-order valence-electron chi connectivity index (χ3n) is 2.96. The summed E-state index contributed by atoms with van der Waals surface area (Å²) < 4.78 is 0. The zero-order chi connectivity index (χ0) is 15.8. The number of aliphatic carboxylic acids is 1. The van der Waals surface area contributed by atoms with Crippen LogP contribution in [0.25, 0.3) is 0 Å². The third-order valence-corrected chi connectivity index (χ3v) is 3.97. The van der Waals surface area contributed by atoms with Gasteiger partial charge in [-0.2, -0.15) is 0 Å². The second-order valence-corrected chi connectivity index (χ2v) is 6.67. The van der Waals surface area contributed by atoms with E-state index in [0.29, 0.717) is 18.6 Å². The average Bonchev–Trinajstić information content (AvgIpc) is 2.39. The van der Waals surface area contributed by atoms with Crippen molar-refractivity contribution in [1.29, 1.82) is 0 Å². The van der Waals surface area contributed by atoms with E-state index >= 15 is 0 Å². The predicted molar refractivity (Wildman–Crippen MR) is 85.5 cm³/mol. The van der Waals surface area contributed by atoms with Gasteiger partial charge in [-0.3, -0.25) is 4.79 Å². The quantitative estimate of drug-likeness (QED) is 0.724. The highest BCUT2D eigenvalue weighted by molar-refractivity contribution is 7.99. The second kappa shape index (κ2) is 8.72. The fraction of sp³-hybridized carbons (Fsp3) is 0.500. The van der Waals surface area contributed by atoms with Crippen LogP contribution >= 0.6 is 11.8 Å². The van der Waals surface area contributed by atoms with Gasteiger partial charge in [-0.05, 0) is 31.4 Å². The Labute approximate surface area is 130 Å². The van der Waals surface area contributed by atoms with Crippen LogP contribution in [0.2, 0.25) is 0 Å². The first kappa shape index (κ1) is 17.6. The van der Waals surface area contributed by atoms with Crippen LogP contribution in [0.3, 0.4) is 0 Å². The van der Waals surface area contributed by atoms with E-state index in [2.05, 4.69) is 5.32 Å². The third kappa shape index (κ3) is 7.18. The van der Waals surface area contributed by atoms with Crippen molar-refractivity contribution in [3.05, 3.63) is 29.8 Å². The van der Waals surface area contributed by atoms with Gasteiger partial charge in [-0.1, -0.05) is 31.5 Å². The number of carbonyl (C=O) groups excluding carboxylic acids is 1. The number of nitrogens with one attached hydrogen (secondary N) is 1. The number of benzene rings is 1. The summed E-state index contributed by atoms with van der Waals surface area (Å²) >= 11 is 1.60. The summed E-state index contributed by atoms with van der Waals surface area (Å²) in [4.78, 5) is 24.0. The van der Waals surface area contributed by atoms with Crippen LogP contribution in [-0.4, -0.2) is 28.8 Å². The molecule has 1 amide bonds. The summed E-state index contributed by atoms with van der Waals surface area (Å²) in [5.41, 5.74) is 1.20. The Hall–Kier alpha value is -1.49. The molecule has 1 rings (SSSR count). The summed E-state index contributed by atoms with van der Waals surface area (Å²) in [7, 11) is 0. The van der Waals surface area contributed by atoms with Gasteiger partial charge >= 0.3 is 5.97 Å². The molecule has 1 aromatic rings. The van der Waals surface area contributed by atoms with Crippen molar-refractivity contribution >= 4 is 23.6 Å². The van der Waals surface area contributed by atoms with E-state index in [1.54, 1.807) is 11.8 Å². The molecular weight excluding hydrogens is 286 g/mol. The molecule has 0 aliphatic heterocycles. The van der Waals surface area contributed by atoms with Crippen LogP contribution in [0.1, 0.15) is 32.3 Å². The molecule has 0 radical (unpaired) electrons. The molecule has 0 saturated carbocycles. The SMILES string of the molecule is Cc1ccc(SCCC(=O)N[C@H](CC(C)C)C(=O)O)cc1. The minimum absolute atomic E-state index is 0.206. The van der Waals surface area contributed by atoms with Gasteiger partial charge < -0.3 is 10.4 Å². The molecule has 0 saturated heterocycles. The zero-order valence-corrected chi connectivity index (χ0v) is 13.6. The molecule has 0 fully saturated rings. The molecule has 0 aliphatic carbocycles. The Morgan fingerprint density at radius 3 is 2.38 bits per heavy atom. The average molecular weight is 309 g/mol. The lowest BCUT2D eigenvalue weighted by atomic mass is 10.0. The van der Waals surface area contributed by atoms with Crippen LogP contribution in [-0.2, 0) is 9.59 Å². The lowest BCUT2D eigenvalue weighted by Crippen LogP contribution is -2.41. The lowest BCUT2D eigenvalue weighted by Gasteiger charge is -2.16. The van der Waals surface area contributed by atoms with Crippen LogP contribution in [0.4, 0.5) is 0 Å². The molecule has 5 heteroatoms. The van der Waals surface area contributed by atoms with Crippen molar-refractivity contribution in [1.82, 2.24) is 5.32 Å². The van der Waals surface area contributed by atoms with E-state index in [1.807, 2.05) is 45.0 Å². The summed E-state index contributed by atoms with van der Waals surface area (Å²) in [6.07, 6.45) is 0.770. The van der Waals surface area contributed by atoms with Crippen molar-refractivity contribution in [2.24, 2.45) is 5.92 Å². The molecule has 1 aromatic carbocycles. The summed E-state index contributed by atoms with van der Waals surface area (Å²) in [5, 5.41) is 11.7. The number of carboxylic acids is 1. The normalized spacial score (nSPS) is 12.2. The minimum atomic E-state index is -0.969. The van der Waals surface area contributed by atoms with E-state index in [0.717, 1.165) is 4.90 Å². The molecular formula is C16H23NO3S. The summed E-state index contributed by atoms with van der Waals surface area (Å²) in [5.74, 6) is -0.303. The Kier molecular flexibility index (Phi) is 7.29. The molecule has 0 spiro atoms. The maximum atomic E-state index is 11.8. The van der Waals surface area contributed by atoms with Crippen molar-refractivity contribution in [3.63, 3.8) is 0 Å². The molecule has 1 atom stereocenters. The molecule has 0 unspecified atom stereocenters. The molecule has 0 aliphatic rings. The van der Waals surface area contributed by atoms with Crippen molar-refractivity contribution in [2.45, 2.75) is 44.6 Å². The van der Waals surface area contributed by atoms with E-state index in [-0.39, 0.29) is 11.8 Å². The van der Waals surface area contributed by atoms with Crippen molar-refractivity contribution in [2.75, 3.05) is 5.75 Å². The Balaban J connectivity index is 2.35.